The Bertz CT molecular complexity index is 70.6. The smallest absolute Gasteiger partial charge is 0.0142 e. The first-order chi connectivity index (χ1) is 3.71. The second-order valence-corrected chi connectivity index (χ2v) is 6.55. The van der Waals surface area contributed by atoms with Gasteiger partial charge in [0.05, 0.1) is 0 Å². The third kappa shape index (κ3) is 2.00. The maximum atomic E-state index is 2.40. The van der Waals surface area contributed by atoms with Crippen LogP contribution in [0, 0.1) is 0 Å². The van der Waals surface area contributed by atoms with Crippen molar-refractivity contribution in [3.63, 3.8) is 0 Å². The molecule has 0 spiro atoms. The Morgan fingerprint density at radius 2 is 2.00 bits per heavy atom. The number of rotatable bonds is 0. The summed E-state index contributed by atoms with van der Waals surface area (Å²) in [6.45, 7) is 4.80. The molecule has 1 saturated heterocycles. The Morgan fingerprint density at radius 1 is 1.25 bits per heavy atom. The van der Waals surface area contributed by atoms with Gasteiger partial charge in [-0.15, -0.1) is 17.2 Å². The Balaban J connectivity index is 2.33. The highest BCUT2D eigenvalue weighted by molar-refractivity contribution is 7.48. The summed E-state index contributed by atoms with van der Waals surface area (Å²) >= 11 is 0. The zero-order chi connectivity index (χ0) is 6.04. The third-order valence-electron chi connectivity index (χ3n) is 1.47. The van der Waals surface area contributed by atoms with Crippen LogP contribution < -0.4 is 0 Å². The van der Waals surface area contributed by atoms with E-state index in [1.165, 1.54) is 35.6 Å². The normalized spacial score (nSPS) is 33.8. The highest BCUT2D eigenvalue weighted by atomic mass is 31.1. The van der Waals surface area contributed by atoms with Crippen LogP contribution in [-0.2, 0) is 0 Å². The molecule has 0 radical (unpaired) electrons. The molecule has 2 atom stereocenters. The summed E-state index contributed by atoms with van der Waals surface area (Å²) in [6.07, 6.45) is 4.51. The first-order valence-corrected chi connectivity index (χ1v) is 5.79. The van der Waals surface area contributed by atoms with E-state index in [1.807, 2.05) is 0 Å². The molecule has 0 aromatic carbocycles. The minimum absolute atomic E-state index is 0.719. The van der Waals surface area contributed by atoms with Crippen molar-refractivity contribution in [1.29, 1.82) is 0 Å². The van der Waals surface area contributed by atoms with Crippen molar-refractivity contribution in [2.75, 3.05) is 18.5 Å². The van der Waals surface area contributed by atoms with Gasteiger partial charge in [-0.3, -0.25) is 0 Å². The molecule has 1 aliphatic rings. The predicted molar refractivity (Wildman–Crippen MR) is 45.3 cm³/mol. The molecule has 1 aliphatic heterocycles. The van der Waals surface area contributed by atoms with Gasteiger partial charge in [0, 0.05) is 0 Å². The molecule has 48 valence electrons. The van der Waals surface area contributed by atoms with Gasteiger partial charge in [0.2, 0.25) is 0 Å². The summed E-state index contributed by atoms with van der Waals surface area (Å²) in [5.41, 5.74) is 0. The van der Waals surface area contributed by atoms with E-state index in [9.17, 15) is 0 Å². The molecule has 1 fully saturated rings. The first kappa shape index (κ1) is 6.97. The highest BCUT2D eigenvalue weighted by Crippen LogP contribution is 2.41. The van der Waals surface area contributed by atoms with Crippen LogP contribution in [0.3, 0.4) is 0 Å². The molecule has 8 heavy (non-hydrogen) atoms. The summed E-state index contributed by atoms with van der Waals surface area (Å²) in [6, 6.07) is 0. The molecule has 0 aliphatic carbocycles. The van der Waals surface area contributed by atoms with Crippen molar-refractivity contribution < 1.29 is 0 Å². The van der Waals surface area contributed by atoms with E-state index in [0.29, 0.717) is 0 Å². The molecular formula is C6H14P2. The topological polar surface area (TPSA) is 0 Å². The van der Waals surface area contributed by atoms with Gasteiger partial charge in [0.1, 0.15) is 0 Å². The van der Waals surface area contributed by atoms with Crippen molar-refractivity contribution in [3.05, 3.63) is 0 Å². The number of hydrogen-bond donors (Lipinski definition) is 0. The molecule has 2 heteroatoms. The molecule has 0 amide bonds. The van der Waals surface area contributed by atoms with Crippen molar-refractivity contribution in [2.45, 2.75) is 19.0 Å². The first-order valence-electron chi connectivity index (χ1n) is 3.16. The van der Waals surface area contributed by atoms with Crippen LogP contribution in [0.25, 0.3) is 0 Å². The van der Waals surface area contributed by atoms with Crippen LogP contribution in [-0.4, -0.2) is 23.6 Å². The summed E-state index contributed by atoms with van der Waals surface area (Å²) in [5.74, 6) is 0. The lowest BCUT2D eigenvalue weighted by Crippen LogP contribution is -2.20. The SMILES string of the molecule is CC1(C)CPCCP1. The summed E-state index contributed by atoms with van der Waals surface area (Å²) in [5, 5.41) is 0.719. The molecular weight excluding hydrogens is 134 g/mol. The van der Waals surface area contributed by atoms with Crippen LogP contribution in [0.2, 0.25) is 0 Å². The van der Waals surface area contributed by atoms with E-state index in [0.717, 1.165) is 5.16 Å². The van der Waals surface area contributed by atoms with Crippen LogP contribution in [0.15, 0.2) is 0 Å². The van der Waals surface area contributed by atoms with Crippen LogP contribution in [0.5, 0.6) is 0 Å². The zero-order valence-electron chi connectivity index (χ0n) is 5.62. The lowest BCUT2D eigenvalue weighted by molar-refractivity contribution is 0.798. The highest BCUT2D eigenvalue weighted by Gasteiger charge is 2.19. The Labute approximate surface area is 55.4 Å². The Kier molecular flexibility index (Phi) is 2.29. The van der Waals surface area contributed by atoms with Gasteiger partial charge in [0.25, 0.3) is 0 Å². The van der Waals surface area contributed by atoms with Gasteiger partial charge in [-0.2, -0.15) is 0 Å². The van der Waals surface area contributed by atoms with Crippen LogP contribution in [0.4, 0.5) is 0 Å². The van der Waals surface area contributed by atoms with Crippen LogP contribution in [0.1, 0.15) is 13.8 Å². The molecule has 2 unspecified atom stereocenters. The minimum Gasteiger partial charge on any atom is -0.121 e. The second kappa shape index (κ2) is 2.63. The van der Waals surface area contributed by atoms with Crippen molar-refractivity contribution in [3.8, 4) is 0 Å². The van der Waals surface area contributed by atoms with Gasteiger partial charge in [-0.05, 0) is 23.6 Å². The fraction of sp³-hybridized carbons (Fsp3) is 1.00. The largest absolute Gasteiger partial charge is 0.121 e. The zero-order valence-corrected chi connectivity index (χ0v) is 7.62. The van der Waals surface area contributed by atoms with Gasteiger partial charge >= 0.3 is 0 Å². The van der Waals surface area contributed by atoms with E-state index in [1.54, 1.807) is 0 Å². The lowest BCUT2D eigenvalue weighted by atomic mass is 10.2. The predicted octanol–water partition coefficient (Wildman–Crippen LogP) is 2.14. The van der Waals surface area contributed by atoms with Crippen LogP contribution >= 0.6 is 17.2 Å². The van der Waals surface area contributed by atoms with E-state index >= 15 is 0 Å². The fourth-order valence-corrected chi connectivity index (χ4v) is 4.51. The maximum Gasteiger partial charge on any atom is -0.0142 e. The molecule has 0 nitrogen and oxygen atoms in total. The quantitative estimate of drug-likeness (QED) is 0.461. The van der Waals surface area contributed by atoms with Crippen molar-refractivity contribution in [1.82, 2.24) is 0 Å². The minimum atomic E-state index is 0.719. The van der Waals surface area contributed by atoms with E-state index in [2.05, 4.69) is 13.8 Å². The maximum absolute atomic E-state index is 2.40. The molecule has 0 N–H and O–H groups in total. The van der Waals surface area contributed by atoms with Gasteiger partial charge in [-0.1, -0.05) is 13.8 Å². The summed E-state index contributed by atoms with van der Waals surface area (Å²) < 4.78 is 0. The third-order valence-corrected chi connectivity index (χ3v) is 5.70. The Morgan fingerprint density at radius 3 is 2.25 bits per heavy atom. The van der Waals surface area contributed by atoms with Gasteiger partial charge in [-0.25, -0.2) is 0 Å². The molecule has 1 rings (SSSR count). The summed E-state index contributed by atoms with van der Waals surface area (Å²) in [7, 11) is 2.50. The van der Waals surface area contributed by atoms with Crippen molar-refractivity contribution >= 4 is 17.2 Å². The molecule has 0 bridgehead atoms. The van der Waals surface area contributed by atoms with Crippen molar-refractivity contribution in [2.24, 2.45) is 0 Å². The molecule has 0 aromatic heterocycles. The van der Waals surface area contributed by atoms with E-state index < -0.39 is 0 Å². The van der Waals surface area contributed by atoms with E-state index in [4.69, 9.17) is 0 Å². The second-order valence-electron chi connectivity index (χ2n) is 2.99. The van der Waals surface area contributed by atoms with Gasteiger partial charge in [0.15, 0.2) is 0 Å². The average Bonchev–Trinajstić information content (AvgIpc) is 1.65. The fourth-order valence-electron chi connectivity index (χ4n) is 0.953. The average molecular weight is 148 g/mol. The summed E-state index contributed by atoms with van der Waals surface area (Å²) in [4.78, 5) is 0. The number of hydrogen-bond acceptors (Lipinski definition) is 0. The molecule has 0 saturated carbocycles. The van der Waals surface area contributed by atoms with Gasteiger partial charge < -0.3 is 0 Å². The monoisotopic (exact) mass is 148 g/mol. The molecule has 0 aromatic rings. The molecule has 1 heterocycles. The lowest BCUT2D eigenvalue weighted by Gasteiger charge is -2.28. The Hall–Kier alpha value is 0.860. The standard InChI is InChI=1S/C6H14P2/c1-6(2)5-7-3-4-8-6/h7-8H,3-5H2,1-2H3. The van der Waals surface area contributed by atoms with E-state index in [-0.39, 0.29) is 0 Å².